The third-order valence-electron chi connectivity index (χ3n) is 1.45. The van der Waals surface area contributed by atoms with Crippen molar-refractivity contribution in [1.29, 1.82) is 5.26 Å². The van der Waals surface area contributed by atoms with Crippen molar-refractivity contribution in [1.82, 2.24) is 4.98 Å². The van der Waals surface area contributed by atoms with E-state index in [1.165, 1.54) is 0 Å². The number of aromatic hydroxyl groups is 1. The summed E-state index contributed by atoms with van der Waals surface area (Å²) < 4.78 is 0. The van der Waals surface area contributed by atoms with Crippen molar-refractivity contribution in [2.45, 2.75) is 13.8 Å². The maximum absolute atomic E-state index is 9.16. The first kappa shape index (κ1) is 6.69. The van der Waals surface area contributed by atoms with Gasteiger partial charge in [0.1, 0.15) is 11.6 Å². The van der Waals surface area contributed by atoms with Gasteiger partial charge in [-0.15, -0.1) is 0 Å². The first-order chi connectivity index (χ1) is 4.66. The summed E-state index contributed by atoms with van der Waals surface area (Å²) in [6.07, 6.45) is 0. The van der Waals surface area contributed by atoms with Crippen molar-refractivity contribution >= 4 is 0 Å². The van der Waals surface area contributed by atoms with Crippen LogP contribution >= 0.6 is 0 Å². The Balaban J connectivity index is 3.37. The summed E-state index contributed by atoms with van der Waals surface area (Å²) in [5.41, 5.74) is 1.71. The van der Waals surface area contributed by atoms with Gasteiger partial charge < -0.3 is 10.1 Å². The minimum atomic E-state index is 0.0694. The van der Waals surface area contributed by atoms with Crippen LogP contribution < -0.4 is 0 Å². The van der Waals surface area contributed by atoms with Crippen LogP contribution in [0.25, 0.3) is 0 Å². The van der Waals surface area contributed by atoms with Gasteiger partial charge in [-0.1, -0.05) is 0 Å². The number of nitrogens with one attached hydrogen (secondary N) is 1. The zero-order chi connectivity index (χ0) is 7.72. The zero-order valence-corrected chi connectivity index (χ0v) is 5.89. The fourth-order valence-corrected chi connectivity index (χ4v) is 0.905. The van der Waals surface area contributed by atoms with Crippen molar-refractivity contribution in [3.63, 3.8) is 0 Å². The first-order valence-electron chi connectivity index (χ1n) is 2.95. The van der Waals surface area contributed by atoms with E-state index in [2.05, 4.69) is 4.98 Å². The van der Waals surface area contributed by atoms with Crippen LogP contribution in [0.4, 0.5) is 0 Å². The molecular weight excluding hydrogens is 128 g/mol. The van der Waals surface area contributed by atoms with Gasteiger partial charge in [0, 0.05) is 5.69 Å². The van der Waals surface area contributed by atoms with Crippen LogP contribution in [0.3, 0.4) is 0 Å². The van der Waals surface area contributed by atoms with E-state index >= 15 is 0 Å². The van der Waals surface area contributed by atoms with E-state index < -0.39 is 0 Å². The van der Waals surface area contributed by atoms with Crippen LogP contribution in [0.2, 0.25) is 0 Å². The molecule has 1 aromatic rings. The van der Waals surface area contributed by atoms with Crippen LogP contribution in [0, 0.1) is 25.2 Å². The molecule has 0 unspecified atom stereocenters. The average molecular weight is 136 g/mol. The van der Waals surface area contributed by atoms with Crippen LogP contribution in [0.15, 0.2) is 0 Å². The second-order valence-electron chi connectivity index (χ2n) is 2.21. The molecule has 0 saturated heterocycles. The van der Waals surface area contributed by atoms with E-state index in [1.807, 2.05) is 6.07 Å². The number of hydrogen-bond acceptors (Lipinski definition) is 2. The molecular formula is C7H8N2O. The van der Waals surface area contributed by atoms with Gasteiger partial charge in [0.15, 0.2) is 5.75 Å². The lowest BCUT2D eigenvalue weighted by Gasteiger charge is -1.84. The molecule has 2 N–H and O–H groups in total. The highest BCUT2D eigenvalue weighted by atomic mass is 16.3. The third-order valence-corrected chi connectivity index (χ3v) is 1.45. The minimum Gasteiger partial charge on any atom is -0.505 e. The molecule has 0 amide bonds. The highest BCUT2D eigenvalue weighted by molar-refractivity contribution is 5.48. The summed E-state index contributed by atoms with van der Waals surface area (Å²) in [5, 5.41) is 17.6. The SMILES string of the molecule is Cc1[nH]c(C)c(C#N)c1O. The van der Waals surface area contributed by atoms with E-state index in [0.29, 0.717) is 11.3 Å². The molecule has 0 bridgehead atoms. The monoisotopic (exact) mass is 136 g/mol. The van der Waals surface area contributed by atoms with E-state index in [9.17, 15) is 0 Å². The molecule has 0 radical (unpaired) electrons. The molecule has 0 spiro atoms. The third kappa shape index (κ3) is 0.742. The maximum atomic E-state index is 9.16. The van der Waals surface area contributed by atoms with Gasteiger partial charge in [-0.25, -0.2) is 0 Å². The fourth-order valence-electron chi connectivity index (χ4n) is 0.905. The molecule has 0 atom stereocenters. The molecule has 0 aliphatic rings. The van der Waals surface area contributed by atoms with Gasteiger partial charge >= 0.3 is 0 Å². The lowest BCUT2D eigenvalue weighted by molar-refractivity contribution is 0.470. The zero-order valence-electron chi connectivity index (χ0n) is 5.89. The number of H-pyrrole nitrogens is 1. The standard InChI is InChI=1S/C7H8N2O/c1-4-6(3-8)7(10)5(2)9-4/h9-10H,1-2H3. The van der Waals surface area contributed by atoms with Gasteiger partial charge in [0.2, 0.25) is 0 Å². The Hall–Kier alpha value is -1.43. The van der Waals surface area contributed by atoms with Crippen LogP contribution in [-0.4, -0.2) is 10.1 Å². The van der Waals surface area contributed by atoms with E-state index in [-0.39, 0.29) is 5.75 Å². The van der Waals surface area contributed by atoms with Crippen molar-refractivity contribution < 1.29 is 5.11 Å². The summed E-state index contributed by atoms with van der Waals surface area (Å²) in [6, 6.07) is 1.90. The summed E-state index contributed by atoms with van der Waals surface area (Å²) in [7, 11) is 0. The molecule has 0 aliphatic carbocycles. The predicted molar refractivity (Wildman–Crippen MR) is 36.6 cm³/mol. The number of rotatable bonds is 0. The Morgan fingerprint density at radius 1 is 1.40 bits per heavy atom. The summed E-state index contributed by atoms with van der Waals surface area (Å²) in [5.74, 6) is 0.0694. The van der Waals surface area contributed by atoms with Gasteiger partial charge in [0.05, 0.1) is 5.69 Å². The summed E-state index contributed by atoms with van der Waals surface area (Å²) in [6.45, 7) is 3.48. The molecule has 1 heterocycles. The lowest BCUT2D eigenvalue weighted by Crippen LogP contribution is -1.73. The number of nitriles is 1. The van der Waals surface area contributed by atoms with Gasteiger partial charge in [-0.3, -0.25) is 0 Å². The quantitative estimate of drug-likeness (QED) is 0.563. The van der Waals surface area contributed by atoms with Gasteiger partial charge in [-0.05, 0) is 13.8 Å². The fraction of sp³-hybridized carbons (Fsp3) is 0.286. The number of aryl methyl sites for hydroxylation is 2. The predicted octanol–water partition coefficient (Wildman–Crippen LogP) is 1.21. The van der Waals surface area contributed by atoms with Crippen LogP contribution in [0.1, 0.15) is 17.0 Å². The number of hydrogen-bond donors (Lipinski definition) is 2. The second kappa shape index (κ2) is 2.07. The Morgan fingerprint density at radius 3 is 2.20 bits per heavy atom. The highest BCUT2D eigenvalue weighted by Crippen LogP contribution is 2.23. The van der Waals surface area contributed by atoms with E-state index in [4.69, 9.17) is 10.4 Å². The molecule has 0 aromatic carbocycles. The Bertz CT molecular complexity index is 293. The largest absolute Gasteiger partial charge is 0.505 e. The Labute approximate surface area is 58.9 Å². The van der Waals surface area contributed by atoms with E-state index in [0.717, 1.165) is 5.69 Å². The second-order valence-corrected chi connectivity index (χ2v) is 2.21. The molecule has 3 heteroatoms. The number of aromatic amines is 1. The Kier molecular flexibility index (Phi) is 1.38. The van der Waals surface area contributed by atoms with Crippen LogP contribution in [-0.2, 0) is 0 Å². The molecule has 0 saturated carbocycles. The molecule has 0 aliphatic heterocycles. The topological polar surface area (TPSA) is 59.8 Å². The smallest absolute Gasteiger partial charge is 0.154 e. The van der Waals surface area contributed by atoms with Crippen molar-refractivity contribution in [2.24, 2.45) is 0 Å². The van der Waals surface area contributed by atoms with Gasteiger partial charge in [0.25, 0.3) is 0 Å². The molecule has 10 heavy (non-hydrogen) atoms. The normalized spacial score (nSPS) is 9.30. The minimum absolute atomic E-state index is 0.0694. The molecule has 0 fully saturated rings. The average Bonchev–Trinajstić information content (AvgIpc) is 2.09. The maximum Gasteiger partial charge on any atom is 0.154 e. The summed E-state index contributed by atoms with van der Waals surface area (Å²) >= 11 is 0. The highest BCUT2D eigenvalue weighted by Gasteiger charge is 2.08. The first-order valence-corrected chi connectivity index (χ1v) is 2.95. The van der Waals surface area contributed by atoms with Crippen molar-refractivity contribution in [3.8, 4) is 11.8 Å². The molecule has 1 rings (SSSR count). The molecule has 3 nitrogen and oxygen atoms in total. The lowest BCUT2D eigenvalue weighted by atomic mass is 10.2. The molecule has 52 valence electrons. The van der Waals surface area contributed by atoms with Crippen molar-refractivity contribution in [3.05, 3.63) is 17.0 Å². The van der Waals surface area contributed by atoms with Crippen molar-refractivity contribution in [2.75, 3.05) is 0 Å². The molecule has 1 aromatic heterocycles. The van der Waals surface area contributed by atoms with Gasteiger partial charge in [-0.2, -0.15) is 5.26 Å². The number of aromatic nitrogens is 1. The number of nitrogens with zero attached hydrogens (tertiary/aromatic N) is 1. The summed E-state index contributed by atoms with van der Waals surface area (Å²) in [4.78, 5) is 2.85. The van der Waals surface area contributed by atoms with Crippen LogP contribution in [0.5, 0.6) is 5.75 Å². The Morgan fingerprint density at radius 2 is 2.00 bits per heavy atom. The van der Waals surface area contributed by atoms with E-state index in [1.54, 1.807) is 13.8 Å².